The molecule has 2 rings (SSSR count). The molecule has 0 aliphatic carbocycles. The largest absolute Gasteiger partial charge is 0.497 e. The molecular formula is C15H12ClFO3. The van der Waals surface area contributed by atoms with Crippen molar-refractivity contribution < 1.29 is 19.0 Å². The molecule has 0 saturated carbocycles. The number of rotatable bonds is 4. The molecule has 5 heteroatoms. The first-order chi connectivity index (χ1) is 9.51. The third-order valence-electron chi connectivity index (χ3n) is 2.88. The fourth-order valence-corrected chi connectivity index (χ4v) is 2.13. The number of aliphatic carboxylic acids is 1. The van der Waals surface area contributed by atoms with E-state index in [1.807, 2.05) is 0 Å². The predicted octanol–water partition coefficient (Wildman–Crippen LogP) is 3.78. The Labute approximate surface area is 120 Å². The maximum Gasteiger partial charge on any atom is 0.307 e. The number of halogens is 2. The van der Waals surface area contributed by atoms with E-state index in [0.29, 0.717) is 27.5 Å². The Morgan fingerprint density at radius 3 is 2.60 bits per heavy atom. The Morgan fingerprint density at radius 1 is 1.30 bits per heavy atom. The highest BCUT2D eigenvalue weighted by molar-refractivity contribution is 6.31. The van der Waals surface area contributed by atoms with Gasteiger partial charge in [0.1, 0.15) is 11.6 Å². The summed E-state index contributed by atoms with van der Waals surface area (Å²) < 4.78 is 18.9. The Hall–Kier alpha value is -2.07. The molecule has 0 aliphatic heterocycles. The maximum atomic E-state index is 13.9. The number of methoxy groups -OCH3 is 1. The lowest BCUT2D eigenvalue weighted by Crippen LogP contribution is -2.00. The highest BCUT2D eigenvalue weighted by Gasteiger charge is 2.10. The molecule has 0 radical (unpaired) electrons. The summed E-state index contributed by atoms with van der Waals surface area (Å²) in [5.41, 5.74) is 1.47. The van der Waals surface area contributed by atoms with Gasteiger partial charge in [0.05, 0.1) is 13.5 Å². The fraction of sp³-hybridized carbons (Fsp3) is 0.133. The smallest absolute Gasteiger partial charge is 0.307 e. The molecule has 104 valence electrons. The van der Waals surface area contributed by atoms with Crippen LogP contribution in [0.3, 0.4) is 0 Å². The molecule has 1 N–H and O–H groups in total. The van der Waals surface area contributed by atoms with Gasteiger partial charge < -0.3 is 9.84 Å². The lowest BCUT2D eigenvalue weighted by Gasteiger charge is -2.08. The van der Waals surface area contributed by atoms with Gasteiger partial charge in [-0.25, -0.2) is 4.39 Å². The Kier molecular flexibility index (Phi) is 4.25. The summed E-state index contributed by atoms with van der Waals surface area (Å²) in [5, 5.41) is 9.05. The van der Waals surface area contributed by atoms with Crippen LogP contribution < -0.4 is 4.74 Å². The van der Waals surface area contributed by atoms with Crippen LogP contribution in [0.4, 0.5) is 4.39 Å². The minimum absolute atomic E-state index is 0.162. The average Bonchev–Trinajstić information content (AvgIpc) is 2.40. The molecule has 0 bridgehead atoms. The minimum atomic E-state index is -0.963. The molecule has 0 amide bonds. The van der Waals surface area contributed by atoms with Crippen LogP contribution in [0.15, 0.2) is 36.4 Å². The Bertz CT molecular complexity index is 656. The number of hydrogen-bond donors (Lipinski definition) is 1. The summed E-state index contributed by atoms with van der Waals surface area (Å²) in [6, 6.07) is 9.33. The van der Waals surface area contributed by atoms with Gasteiger partial charge >= 0.3 is 5.97 Å². The highest BCUT2D eigenvalue weighted by Crippen LogP contribution is 2.29. The van der Waals surface area contributed by atoms with Crippen molar-refractivity contribution in [3.8, 4) is 16.9 Å². The van der Waals surface area contributed by atoms with Crippen LogP contribution in [0.25, 0.3) is 11.1 Å². The van der Waals surface area contributed by atoms with E-state index in [9.17, 15) is 9.18 Å². The summed E-state index contributed by atoms with van der Waals surface area (Å²) in [6.45, 7) is 0. The van der Waals surface area contributed by atoms with Crippen molar-refractivity contribution in [1.82, 2.24) is 0 Å². The van der Waals surface area contributed by atoms with E-state index in [0.717, 1.165) is 0 Å². The van der Waals surface area contributed by atoms with Crippen molar-refractivity contribution in [1.29, 1.82) is 0 Å². The first-order valence-electron chi connectivity index (χ1n) is 5.85. The van der Waals surface area contributed by atoms with E-state index in [1.165, 1.54) is 13.2 Å². The zero-order chi connectivity index (χ0) is 14.7. The number of carboxylic acid groups (broad SMARTS) is 1. The standard InChI is InChI=1S/C15H12ClFO3/c1-20-11-4-5-12(14(17)8-11)9-2-3-10(7-15(18)19)13(16)6-9/h2-6,8H,7H2,1H3,(H,18,19). The molecule has 0 fully saturated rings. The van der Waals surface area contributed by atoms with Gasteiger partial charge in [0.2, 0.25) is 0 Å². The van der Waals surface area contributed by atoms with Crippen molar-refractivity contribution in [3.05, 3.63) is 52.8 Å². The van der Waals surface area contributed by atoms with Crippen LogP contribution >= 0.6 is 11.6 Å². The van der Waals surface area contributed by atoms with Crippen molar-refractivity contribution in [3.63, 3.8) is 0 Å². The lowest BCUT2D eigenvalue weighted by molar-refractivity contribution is -0.136. The molecule has 3 nitrogen and oxygen atoms in total. The third kappa shape index (κ3) is 3.08. The fourth-order valence-electron chi connectivity index (χ4n) is 1.88. The minimum Gasteiger partial charge on any atom is -0.497 e. The SMILES string of the molecule is COc1ccc(-c2ccc(CC(=O)O)c(Cl)c2)c(F)c1. The second-order valence-corrected chi connectivity index (χ2v) is 4.63. The van der Waals surface area contributed by atoms with Gasteiger partial charge in [-0.15, -0.1) is 0 Å². The molecule has 0 aliphatic rings. The van der Waals surface area contributed by atoms with E-state index >= 15 is 0 Å². The van der Waals surface area contributed by atoms with Gasteiger partial charge in [0.25, 0.3) is 0 Å². The topological polar surface area (TPSA) is 46.5 Å². The quantitative estimate of drug-likeness (QED) is 0.933. The van der Waals surface area contributed by atoms with Crippen molar-refractivity contribution in [2.75, 3.05) is 7.11 Å². The van der Waals surface area contributed by atoms with Crippen LogP contribution in [-0.2, 0) is 11.2 Å². The number of ether oxygens (including phenoxy) is 1. The molecule has 0 saturated heterocycles. The first-order valence-corrected chi connectivity index (χ1v) is 6.23. The molecule has 0 aromatic heterocycles. The average molecular weight is 295 g/mol. The molecule has 0 spiro atoms. The molecule has 0 atom stereocenters. The molecular weight excluding hydrogens is 283 g/mol. The van der Waals surface area contributed by atoms with E-state index in [-0.39, 0.29) is 6.42 Å². The van der Waals surface area contributed by atoms with E-state index < -0.39 is 11.8 Å². The van der Waals surface area contributed by atoms with Crippen molar-refractivity contribution >= 4 is 17.6 Å². The number of benzene rings is 2. The van der Waals surface area contributed by atoms with Crippen LogP contribution in [-0.4, -0.2) is 18.2 Å². The van der Waals surface area contributed by atoms with Gasteiger partial charge in [-0.2, -0.15) is 0 Å². The zero-order valence-electron chi connectivity index (χ0n) is 10.7. The van der Waals surface area contributed by atoms with Gasteiger partial charge in [0.15, 0.2) is 0 Å². The van der Waals surface area contributed by atoms with Gasteiger partial charge in [0, 0.05) is 16.7 Å². The van der Waals surface area contributed by atoms with Crippen LogP contribution in [0.1, 0.15) is 5.56 Å². The second kappa shape index (κ2) is 5.92. The maximum absolute atomic E-state index is 13.9. The Morgan fingerprint density at radius 2 is 2.05 bits per heavy atom. The normalized spacial score (nSPS) is 10.3. The first kappa shape index (κ1) is 14.3. The van der Waals surface area contributed by atoms with E-state index in [1.54, 1.807) is 30.3 Å². The zero-order valence-corrected chi connectivity index (χ0v) is 11.4. The molecule has 2 aromatic rings. The number of hydrogen-bond acceptors (Lipinski definition) is 2. The lowest BCUT2D eigenvalue weighted by atomic mass is 10.0. The van der Waals surface area contributed by atoms with Crippen molar-refractivity contribution in [2.24, 2.45) is 0 Å². The summed E-state index contributed by atoms with van der Waals surface area (Å²) in [4.78, 5) is 10.7. The highest BCUT2D eigenvalue weighted by atomic mass is 35.5. The van der Waals surface area contributed by atoms with Crippen LogP contribution in [0.5, 0.6) is 5.75 Å². The Balaban J connectivity index is 2.39. The molecule has 2 aromatic carbocycles. The number of carbonyl (C=O) groups is 1. The van der Waals surface area contributed by atoms with Gasteiger partial charge in [-0.1, -0.05) is 23.7 Å². The van der Waals surface area contributed by atoms with E-state index in [4.69, 9.17) is 21.4 Å². The monoisotopic (exact) mass is 294 g/mol. The molecule has 0 unspecified atom stereocenters. The molecule has 20 heavy (non-hydrogen) atoms. The second-order valence-electron chi connectivity index (χ2n) is 4.22. The third-order valence-corrected chi connectivity index (χ3v) is 3.23. The summed E-state index contributed by atoms with van der Waals surface area (Å²) in [7, 11) is 1.46. The van der Waals surface area contributed by atoms with E-state index in [2.05, 4.69) is 0 Å². The number of carboxylic acids is 1. The molecule has 0 heterocycles. The summed E-state index contributed by atoms with van der Waals surface area (Å²) >= 11 is 6.02. The van der Waals surface area contributed by atoms with Crippen LogP contribution in [0.2, 0.25) is 5.02 Å². The van der Waals surface area contributed by atoms with Crippen molar-refractivity contribution in [2.45, 2.75) is 6.42 Å². The van der Waals surface area contributed by atoms with Gasteiger partial charge in [-0.3, -0.25) is 4.79 Å². The van der Waals surface area contributed by atoms with Gasteiger partial charge in [-0.05, 0) is 29.3 Å². The predicted molar refractivity (Wildman–Crippen MR) is 74.7 cm³/mol. The van der Waals surface area contributed by atoms with Crippen LogP contribution in [0, 0.1) is 5.82 Å². The summed E-state index contributed by atoms with van der Waals surface area (Å²) in [5.74, 6) is -0.957. The summed E-state index contributed by atoms with van der Waals surface area (Å²) in [6.07, 6.45) is -0.162.